The Hall–Kier alpha value is -1.75. The number of aromatic nitrogens is 4. The molecular weight excluding hydrogens is 190 g/mol. The number of hydrogen-bond donors (Lipinski definition) is 1. The number of nitrogens with zero attached hydrogens (tertiary/aromatic N) is 4. The molecule has 2 aromatic rings. The lowest BCUT2D eigenvalue weighted by Crippen LogP contribution is -2.00. The molecule has 0 atom stereocenters. The van der Waals surface area contributed by atoms with E-state index in [1.807, 2.05) is 31.2 Å². The van der Waals surface area contributed by atoms with Gasteiger partial charge in [0, 0.05) is 18.7 Å². The number of tetrazole rings is 1. The molecule has 78 valence electrons. The highest BCUT2D eigenvalue weighted by Crippen LogP contribution is 2.15. The van der Waals surface area contributed by atoms with E-state index in [1.54, 1.807) is 4.68 Å². The third-order valence-electron chi connectivity index (χ3n) is 2.28. The van der Waals surface area contributed by atoms with E-state index in [1.165, 1.54) is 0 Å². The second kappa shape index (κ2) is 4.18. The van der Waals surface area contributed by atoms with Crippen molar-refractivity contribution in [3.8, 4) is 11.4 Å². The molecule has 0 bridgehead atoms. The van der Waals surface area contributed by atoms with E-state index < -0.39 is 0 Å². The van der Waals surface area contributed by atoms with Gasteiger partial charge in [-0.05, 0) is 22.9 Å². The Kier molecular flexibility index (Phi) is 2.73. The molecule has 0 aliphatic rings. The first-order chi connectivity index (χ1) is 7.35. The summed E-state index contributed by atoms with van der Waals surface area (Å²) in [6.07, 6.45) is 0. The molecule has 15 heavy (non-hydrogen) atoms. The van der Waals surface area contributed by atoms with Crippen molar-refractivity contribution in [2.45, 2.75) is 20.0 Å². The fourth-order valence-electron chi connectivity index (χ4n) is 1.41. The van der Waals surface area contributed by atoms with E-state index >= 15 is 0 Å². The van der Waals surface area contributed by atoms with E-state index in [0.29, 0.717) is 6.54 Å². The third kappa shape index (κ3) is 1.87. The average molecular weight is 203 g/mol. The lowest BCUT2D eigenvalue weighted by Gasteiger charge is -2.02. The van der Waals surface area contributed by atoms with Crippen LogP contribution in [-0.4, -0.2) is 20.2 Å². The zero-order valence-corrected chi connectivity index (χ0v) is 8.59. The van der Waals surface area contributed by atoms with Crippen LogP contribution in [0.5, 0.6) is 0 Å². The predicted octanol–water partition coefficient (Wildman–Crippen LogP) is 0.819. The monoisotopic (exact) mass is 203 g/mol. The number of nitrogens with two attached hydrogens (primary N) is 1. The number of rotatable bonds is 3. The molecule has 2 rings (SSSR count). The Morgan fingerprint density at radius 3 is 2.60 bits per heavy atom. The molecular formula is C10H13N5. The third-order valence-corrected chi connectivity index (χ3v) is 2.28. The van der Waals surface area contributed by atoms with Crippen LogP contribution in [0, 0.1) is 0 Å². The van der Waals surface area contributed by atoms with Crippen LogP contribution in [0.15, 0.2) is 24.3 Å². The molecule has 0 aliphatic heterocycles. The van der Waals surface area contributed by atoms with Gasteiger partial charge >= 0.3 is 0 Å². The summed E-state index contributed by atoms with van der Waals surface area (Å²) in [6, 6.07) is 7.95. The van der Waals surface area contributed by atoms with E-state index in [9.17, 15) is 0 Å². The van der Waals surface area contributed by atoms with Crippen LogP contribution in [0.4, 0.5) is 0 Å². The Morgan fingerprint density at radius 1 is 1.27 bits per heavy atom. The van der Waals surface area contributed by atoms with Crippen LogP contribution in [0.3, 0.4) is 0 Å². The topological polar surface area (TPSA) is 69.6 Å². The van der Waals surface area contributed by atoms with Crippen molar-refractivity contribution in [3.63, 3.8) is 0 Å². The van der Waals surface area contributed by atoms with Crippen molar-refractivity contribution in [2.24, 2.45) is 5.73 Å². The maximum absolute atomic E-state index is 5.53. The quantitative estimate of drug-likeness (QED) is 0.801. The molecule has 0 spiro atoms. The van der Waals surface area contributed by atoms with E-state index in [0.717, 1.165) is 23.5 Å². The Bertz CT molecular complexity index is 431. The smallest absolute Gasteiger partial charge is 0.181 e. The standard InChI is InChI=1S/C10H13N5/c1-2-15-10(12-13-14-15)9-5-3-8(7-11)4-6-9/h3-6H,2,7,11H2,1H3. The fraction of sp³-hybridized carbons (Fsp3) is 0.300. The van der Waals surface area contributed by atoms with Gasteiger partial charge in [0.2, 0.25) is 0 Å². The second-order valence-electron chi connectivity index (χ2n) is 3.22. The van der Waals surface area contributed by atoms with E-state index in [4.69, 9.17) is 5.73 Å². The van der Waals surface area contributed by atoms with Gasteiger partial charge in [-0.2, -0.15) is 0 Å². The summed E-state index contributed by atoms with van der Waals surface area (Å²) in [6.45, 7) is 3.33. The van der Waals surface area contributed by atoms with Gasteiger partial charge in [0.05, 0.1) is 0 Å². The largest absolute Gasteiger partial charge is 0.326 e. The highest BCUT2D eigenvalue weighted by atomic mass is 15.5. The lowest BCUT2D eigenvalue weighted by molar-refractivity contribution is 0.631. The summed E-state index contributed by atoms with van der Waals surface area (Å²) in [5.41, 5.74) is 7.65. The SMILES string of the molecule is CCn1nnnc1-c1ccc(CN)cc1. The molecule has 1 aromatic carbocycles. The van der Waals surface area contributed by atoms with Gasteiger partial charge in [0.25, 0.3) is 0 Å². The van der Waals surface area contributed by atoms with Crippen LogP contribution in [0.25, 0.3) is 11.4 Å². The van der Waals surface area contributed by atoms with Crippen LogP contribution in [0.1, 0.15) is 12.5 Å². The Labute approximate surface area is 87.9 Å². The van der Waals surface area contributed by atoms with Crippen molar-refractivity contribution in [1.82, 2.24) is 20.2 Å². The fourth-order valence-corrected chi connectivity index (χ4v) is 1.41. The van der Waals surface area contributed by atoms with Crippen molar-refractivity contribution in [2.75, 3.05) is 0 Å². The summed E-state index contributed by atoms with van der Waals surface area (Å²) in [5, 5.41) is 11.5. The summed E-state index contributed by atoms with van der Waals surface area (Å²) in [7, 11) is 0. The molecule has 1 heterocycles. The Morgan fingerprint density at radius 2 is 2.00 bits per heavy atom. The molecule has 5 heteroatoms. The molecule has 0 amide bonds. The maximum atomic E-state index is 5.53. The van der Waals surface area contributed by atoms with E-state index in [-0.39, 0.29) is 0 Å². The molecule has 2 N–H and O–H groups in total. The number of aryl methyl sites for hydroxylation is 1. The van der Waals surface area contributed by atoms with Crippen LogP contribution < -0.4 is 5.73 Å². The highest BCUT2D eigenvalue weighted by molar-refractivity contribution is 5.54. The minimum atomic E-state index is 0.555. The van der Waals surface area contributed by atoms with Gasteiger partial charge in [-0.3, -0.25) is 0 Å². The summed E-state index contributed by atoms with van der Waals surface area (Å²) in [5.74, 6) is 0.793. The van der Waals surface area contributed by atoms with Crippen LogP contribution >= 0.6 is 0 Å². The van der Waals surface area contributed by atoms with Gasteiger partial charge in [-0.1, -0.05) is 24.3 Å². The summed E-state index contributed by atoms with van der Waals surface area (Å²) >= 11 is 0. The molecule has 1 aromatic heterocycles. The van der Waals surface area contributed by atoms with Crippen LogP contribution in [-0.2, 0) is 13.1 Å². The summed E-state index contributed by atoms with van der Waals surface area (Å²) in [4.78, 5) is 0. The van der Waals surface area contributed by atoms with Crippen molar-refractivity contribution >= 4 is 0 Å². The zero-order chi connectivity index (χ0) is 10.7. The van der Waals surface area contributed by atoms with E-state index in [2.05, 4.69) is 15.5 Å². The van der Waals surface area contributed by atoms with Gasteiger partial charge in [0.15, 0.2) is 5.82 Å². The molecule has 5 nitrogen and oxygen atoms in total. The summed E-state index contributed by atoms with van der Waals surface area (Å²) < 4.78 is 1.76. The highest BCUT2D eigenvalue weighted by Gasteiger charge is 2.06. The normalized spacial score (nSPS) is 10.5. The second-order valence-corrected chi connectivity index (χ2v) is 3.22. The minimum Gasteiger partial charge on any atom is -0.326 e. The molecule has 0 unspecified atom stereocenters. The maximum Gasteiger partial charge on any atom is 0.181 e. The molecule has 0 saturated heterocycles. The number of hydrogen-bond acceptors (Lipinski definition) is 4. The molecule has 0 radical (unpaired) electrons. The molecule has 0 aliphatic carbocycles. The lowest BCUT2D eigenvalue weighted by atomic mass is 10.1. The number of benzene rings is 1. The predicted molar refractivity (Wildman–Crippen MR) is 56.8 cm³/mol. The van der Waals surface area contributed by atoms with Crippen LogP contribution in [0.2, 0.25) is 0 Å². The first kappa shape index (κ1) is 9.79. The van der Waals surface area contributed by atoms with Crippen molar-refractivity contribution in [3.05, 3.63) is 29.8 Å². The Balaban J connectivity index is 2.37. The van der Waals surface area contributed by atoms with Gasteiger partial charge < -0.3 is 5.73 Å². The van der Waals surface area contributed by atoms with Crippen molar-refractivity contribution < 1.29 is 0 Å². The minimum absolute atomic E-state index is 0.555. The zero-order valence-electron chi connectivity index (χ0n) is 8.59. The molecule has 0 fully saturated rings. The first-order valence-corrected chi connectivity index (χ1v) is 4.90. The average Bonchev–Trinajstić information content (AvgIpc) is 2.77. The van der Waals surface area contributed by atoms with Crippen molar-refractivity contribution in [1.29, 1.82) is 0 Å². The first-order valence-electron chi connectivity index (χ1n) is 4.90. The molecule has 0 saturated carbocycles. The van der Waals surface area contributed by atoms with Gasteiger partial charge in [0.1, 0.15) is 0 Å². The van der Waals surface area contributed by atoms with Gasteiger partial charge in [-0.25, -0.2) is 4.68 Å². The van der Waals surface area contributed by atoms with Gasteiger partial charge in [-0.15, -0.1) is 5.10 Å².